The Balaban J connectivity index is 1.37. The van der Waals surface area contributed by atoms with E-state index in [4.69, 9.17) is 0 Å². The molecule has 0 spiro atoms. The van der Waals surface area contributed by atoms with Crippen molar-refractivity contribution in [2.45, 2.75) is 52.5 Å². The van der Waals surface area contributed by atoms with Crippen molar-refractivity contribution in [3.05, 3.63) is 59.7 Å². The minimum atomic E-state index is -0.288. The average molecular weight is 448 g/mol. The molecule has 2 aromatic rings. The molecule has 1 fully saturated rings. The minimum Gasteiger partial charge on any atom is -0.352 e. The summed E-state index contributed by atoms with van der Waals surface area (Å²) in [6.07, 6.45) is 4.35. The van der Waals surface area contributed by atoms with Crippen LogP contribution in [0.1, 0.15) is 50.7 Å². The first-order valence-electron chi connectivity index (χ1n) is 12.0. The van der Waals surface area contributed by atoms with E-state index in [0.29, 0.717) is 13.1 Å². The molecule has 0 radical (unpaired) electrons. The predicted molar refractivity (Wildman–Crippen MR) is 130 cm³/mol. The van der Waals surface area contributed by atoms with Gasteiger partial charge in [-0.3, -0.25) is 14.4 Å². The first kappa shape index (κ1) is 23.0. The van der Waals surface area contributed by atoms with Gasteiger partial charge >= 0.3 is 0 Å². The van der Waals surface area contributed by atoms with E-state index in [9.17, 15) is 14.4 Å². The number of hydrogen-bond acceptors (Lipinski definition) is 3. The van der Waals surface area contributed by atoms with Gasteiger partial charge in [0.15, 0.2) is 0 Å². The van der Waals surface area contributed by atoms with Crippen LogP contribution in [-0.4, -0.2) is 24.3 Å². The Bertz CT molecular complexity index is 1020. The number of amides is 3. The molecular weight excluding hydrogens is 414 g/mol. The SMILES string of the molecule is CC(C)C(=O)Nc1ccc(CNC(=O)C2CCCCC2C(=O)N2CCc3ccccc32)cc1. The predicted octanol–water partition coefficient (Wildman–Crippen LogP) is 4.29. The maximum absolute atomic E-state index is 13.4. The van der Waals surface area contributed by atoms with E-state index in [-0.39, 0.29) is 35.5 Å². The van der Waals surface area contributed by atoms with Gasteiger partial charge in [-0.15, -0.1) is 0 Å². The molecular formula is C27H33N3O3. The molecule has 2 atom stereocenters. The van der Waals surface area contributed by atoms with E-state index in [1.807, 2.05) is 61.2 Å². The summed E-state index contributed by atoms with van der Waals surface area (Å²) >= 11 is 0. The number of nitrogens with one attached hydrogen (secondary N) is 2. The van der Waals surface area contributed by atoms with Crippen LogP contribution in [0.3, 0.4) is 0 Å². The van der Waals surface area contributed by atoms with Crippen LogP contribution in [0.15, 0.2) is 48.5 Å². The summed E-state index contributed by atoms with van der Waals surface area (Å²) in [4.78, 5) is 40.3. The van der Waals surface area contributed by atoms with Crippen molar-refractivity contribution in [2.75, 3.05) is 16.8 Å². The van der Waals surface area contributed by atoms with Gasteiger partial charge in [-0.25, -0.2) is 0 Å². The maximum Gasteiger partial charge on any atom is 0.230 e. The second-order valence-electron chi connectivity index (χ2n) is 9.42. The van der Waals surface area contributed by atoms with E-state index in [0.717, 1.165) is 49.0 Å². The normalized spacial score (nSPS) is 19.8. The average Bonchev–Trinajstić information content (AvgIpc) is 3.27. The fraction of sp³-hybridized carbons (Fsp3) is 0.444. The molecule has 6 nitrogen and oxygen atoms in total. The Morgan fingerprint density at radius 1 is 0.970 bits per heavy atom. The number of benzene rings is 2. The molecule has 2 N–H and O–H groups in total. The fourth-order valence-corrected chi connectivity index (χ4v) is 4.82. The van der Waals surface area contributed by atoms with Crippen molar-refractivity contribution in [3.63, 3.8) is 0 Å². The van der Waals surface area contributed by atoms with Gasteiger partial charge < -0.3 is 15.5 Å². The van der Waals surface area contributed by atoms with E-state index >= 15 is 0 Å². The molecule has 2 aromatic carbocycles. The Hall–Kier alpha value is -3.15. The summed E-state index contributed by atoms with van der Waals surface area (Å²) in [7, 11) is 0. The van der Waals surface area contributed by atoms with Crippen LogP contribution in [0.5, 0.6) is 0 Å². The van der Waals surface area contributed by atoms with Gasteiger partial charge in [0, 0.05) is 36.3 Å². The van der Waals surface area contributed by atoms with Crippen molar-refractivity contribution in [2.24, 2.45) is 17.8 Å². The zero-order chi connectivity index (χ0) is 23.4. The summed E-state index contributed by atoms with van der Waals surface area (Å²) in [6.45, 7) is 4.81. The topological polar surface area (TPSA) is 78.5 Å². The summed E-state index contributed by atoms with van der Waals surface area (Å²) < 4.78 is 0. The summed E-state index contributed by atoms with van der Waals surface area (Å²) in [6, 6.07) is 15.6. The zero-order valence-corrected chi connectivity index (χ0v) is 19.5. The number of fused-ring (bicyclic) bond motifs is 1. The lowest BCUT2D eigenvalue weighted by molar-refractivity contribution is -0.135. The highest BCUT2D eigenvalue weighted by molar-refractivity contribution is 5.99. The molecule has 3 amide bonds. The van der Waals surface area contributed by atoms with Crippen LogP contribution >= 0.6 is 0 Å². The molecule has 2 aliphatic rings. The monoisotopic (exact) mass is 447 g/mol. The zero-order valence-electron chi connectivity index (χ0n) is 19.5. The van der Waals surface area contributed by atoms with E-state index in [2.05, 4.69) is 16.7 Å². The number of carbonyl (C=O) groups excluding carboxylic acids is 3. The van der Waals surface area contributed by atoms with Gasteiger partial charge in [-0.1, -0.05) is 57.0 Å². The van der Waals surface area contributed by atoms with Crippen molar-refractivity contribution >= 4 is 29.1 Å². The molecule has 0 bridgehead atoms. The largest absolute Gasteiger partial charge is 0.352 e. The molecule has 6 heteroatoms. The third-order valence-corrected chi connectivity index (χ3v) is 6.79. The molecule has 0 aromatic heterocycles. The van der Waals surface area contributed by atoms with Gasteiger partial charge in [0.1, 0.15) is 0 Å². The van der Waals surface area contributed by atoms with Gasteiger partial charge in [0.25, 0.3) is 0 Å². The van der Waals surface area contributed by atoms with Crippen LogP contribution < -0.4 is 15.5 Å². The highest BCUT2D eigenvalue weighted by Crippen LogP contribution is 2.36. The number of hydrogen-bond donors (Lipinski definition) is 2. The summed E-state index contributed by atoms with van der Waals surface area (Å²) in [5, 5.41) is 5.91. The molecule has 1 aliphatic heterocycles. The van der Waals surface area contributed by atoms with Crippen LogP contribution in [0.2, 0.25) is 0 Å². The molecule has 1 heterocycles. The Labute approximate surface area is 195 Å². The molecule has 174 valence electrons. The van der Waals surface area contributed by atoms with Crippen LogP contribution in [0, 0.1) is 17.8 Å². The third kappa shape index (κ3) is 5.27. The third-order valence-electron chi connectivity index (χ3n) is 6.79. The molecule has 33 heavy (non-hydrogen) atoms. The lowest BCUT2D eigenvalue weighted by atomic mass is 9.77. The van der Waals surface area contributed by atoms with Crippen LogP contribution in [-0.2, 0) is 27.3 Å². The van der Waals surface area contributed by atoms with Crippen molar-refractivity contribution in [3.8, 4) is 0 Å². The van der Waals surface area contributed by atoms with Crippen molar-refractivity contribution < 1.29 is 14.4 Å². The maximum atomic E-state index is 13.4. The van der Waals surface area contributed by atoms with E-state index in [1.54, 1.807) is 0 Å². The lowest BCUT2D eigenvalue weighted by Crippen LogP contribution is -2.45. The van der Waals surface area contributed by atoms with E-state index in [1.165, 1.54) is 5.56 Å². The Morgan fingerprint density at radius 2 is 1.67 bits per heavy atom. The van der Waals surface area contributed by atoms with Crippen LogP contribution in [0.4, 0.5) is 11.4 Å². The highest BCUT2D eigenvalue weighted by Gasteiger charge is 2.39. The summed E-state index contributed by atoms with van der Waals surface area (Å²) in [5.74, 6) is -0.612. The van der Waals surface area contributed by atoms with Gasteiger partial charge in [-0.05, 0) is 48.6 Å². The minimum absolute atomic E-state index is 0.0234. The van der Waals surface area contributed by atoms with Crippen molar-refractivity contribution in [1.82, 2.24) is 5.32 Å². The molecule has 4 rings (SSSR count). The number of para-hydroxylation sites is 1. The second-order valence-corrected chi connectivity index (χ2v) is 9.42. The van der Waals surface area contributed by atoms with Gasteiger partial charge in [0.2, 0.25) is 17.7 Å². The Kier molecular flexibility index (Phi) is 7.11. The first-order chi connectivity index (χ1) is 15.9. The smallest absolute Gasteiger partial charge is 0.230 e. The second kappa shape index (κ2) is 10.2. The number of anilines is 2. The van der Waals surface area contributed by atoms with Crippen molar-refractivity contribution in [1.29, 1.82) is 0 Å². The number of rotatable bonds is 6. The fourth-order valence-electron chi connectivity index (χ4n) is 4.82. The molecule has 1 saturated carbocycles. The van der Waals surface area contributed by atoms with Gasteiger partial charge in [-0.2, -0.15) is 0 Å². The molecule has 1 aliphatic carbocycles. The number of carbonyl (C=O) groups is 3. The standard InChI is InChI=1S/C27H33N3O3/c1-18(2)25(31)29-21-13-11-19(12-14-21)17-28-26(32)22-8-4-5-9-23(22)27(33)30-16-15-20-7-3-6-10-24(20)30/h3,6-7,10-14,18,22-23H,4-5,8-9,15-17H2,1-2H3,(H,28,32)(H,29,31). The highest BCUT2D eigenvalue weighted by atomic mass is 16.2. The lowest BCUT2D eigenvalue weighted by Gasteiger charge is -2.32. The number of nitrogens with zero attached hydrogens (tertiary/aromatic N) is 1. The van der Waals surface area contributed by atoms with Gasteiger partial charge in [0.05, 0.1) is 5.92 Å². The molecule has 2 unspecified atom stereocenters. The Morgan fingerprint density at radius 3 is 2.39 bits per heavy atom. The van der Waals surface area contributed by atoms with E-state index < -0.39 is 0 Å². The first-order valence-corrected chi connectivity index (χ1v) is 12.0. The van der Waals surface area contributed by atoms with Crippen LogP contribution in [0.25, 0.3) is 0 Å². The summed E-state index contributed by atoms with van der Waals surface area (Å²) in [5.41, 5.74) is 3.90. The quantitative estimate of drug-likeness (QED) is 0.693. The molecule has 0 saturated heterocycles.